The largest absolute Gasteiger partial charge is 0.349 e. The molecule has 4 nitrogen and oxygen atoms in total. The first-order chi connectivity index (χ1) is 13.1. The molecule has 27 heavy (non-hydrogen) atoms. The third-order valence-corrected chi connectivity index (χ3v) is 5.00. The van der Waals surface area contributed by atoms with Crippen molar-refractivity contribution in [3.63, 3.8) is 0 Å². The summed E-state index contributed by atoms with van der Waals surface area (Å²) >= 11 is 0. The highest BCUT2D eigenvalue weighted by atomic mass is 16.2. The molecule has 0 aliphatic heterocycles. The van der Waals surface area contributed by atoms with Gasteiger partial charge >= 0.3 is 0 Å². The molecule has 0 spiro atoms. The molecular weight excluding hydrogens is 336 g/mol. The molecule has 2 amide bonds. The Morgan fingerprint density at radius 3 is 2.37 bits per heavy atom. The van der Waals surface area contributed by atoms with Gasteiger partial charge in [-0.2, -0.15) is 0 Å². The number of anilines is 1. The smallest absolute Gasteiger partial charge is 0.253 e. The molecule has 1 aliphatic rings. The van der Waals surface area contributed by atoms with Gasteiger partial charge in [-0.3, -0.25) is 9.59 Å². The normalized spacial score (nSPS) is 14.9. The first kappa shape index (κ1) is 18.9. The SMILES string of the molecule is CN(C(=O)C=Cc1ccccc1)c1ccccc1C(=O)NC1CCCCC1. The molecule has 4 heteroatoms. The van der Waals surface area contributed by atoms with Gasteiger partial charge in [-0.15, -0.1) is 0 Å². The summed E-state index contributed by atoms with van der Waals surface area (Å²) in [6.45, 7) is 0. The topological polar surface area (TPSA) is 49.4 Å². The van der Waals surface area contributed by atoms with Gasteiger partial charge in [-0.05, 0) is 36.6 Å². The number of amides is 2. The van der Waals surface area contributed by atoms with Gasteiger partial charge in [-0.1, -0.05) is 61.7 Å². The Morgan fingerprint density at radius 1 is 0.963 bits per heavy atom. The minimum atomic E-state index is -0.170. The molecule has 1 saturated carbocycles. The summed E-state index contributed by atoms with van der Waals surface area (Å²) in [4.78, 5) is 26.9. The molecule has 0 bridgehead atoms. The molecule has 1 fully saturated rings. The minimum absolute atomic E-state index is 0.107. The summed E-state index contributed by atoms with van der Waals surface area (Å²) in [5, 5.41) is 3.13. The number of carbonyl (C=O) groups excluding carboxylic acids is 2. The summed E-state index contributed by atoms with van der Waals surface area (Å²) in [6, 6.07) is 17.2. The Labute approximate surface area is 160 Å². The third-order valence-electron chi connectivity index (χ3n) is 5.00. The summed E-state index contributed by atoms with van der Waals surface area (Å²) in [6.07, 6.45) is 8.94. The fraction of sp³-hybridized carbons (Fsp3) is 0.304. The van der Waals surface area contributed by atoms with Gasteiger partial charge < -0.3 is 10.2 Å². The third kappa shape index (κ3) is 5.07. The van der Waals surface area contributed by atoms with Gasteiger partial charge in [0.1, 0.15) is 0 Å². The first-order valence-corrected chi connectivity index (χ1v) is 9.56. The van der Waals surface area contributed by atoms with Gasteiger partial charge in [-0.25, -0.2) is 0 Å². The lowest BCUT2D eigenvalue weighted by Crippen LogP contribution is -2.37. The predicted octanol–water partition coefficient (Wildman–Crippen LogP) is 4.43. The highest BCUT2D eigenvalue weighted by Crippen LogP contribution is 2.22. The van der Waals surface area contributed by atoms with Crippen LogP contribution in [0.4, 0.5) is 5.69 Å². The lowest BCUT2D eigenvalue weighted by atomic mass is 9.95. The van der Waals surface area contributed by atoms with E-state index < -0.39 is 0 Å². The van der Waals surface area contributed by atoms with Crippen molar-refractivity contribution in [3.8, 4) is 0 Å². The zero-order valence-electron chi connectivity index (χ0n) is 15.7. The molecule has 3 rings (SSSR count). The Kier molecular flexibility index (Phi) is 6.42. The number of carbonyl (C=O) groups is 2. The minimum Gasteiger partial charge on any atom is -0.349 e. The van der Waals surface area contributed by atoms with Crippen molar-refractivity contribution in [2.75, 3.05) is 11.9 Å². The van der Waals surface area contributed by atoms with Crippen LogP contribution in [-0.2, 0) is 4.79 Å². The van der Waals surface area contributed by atoms with Crippen molar-refractivity contribution in [3.05, 3.63) is 71.8 Å². The predicted molar refractivity (Wildman–Crippen MR) is 110 cm³/mol. The van der Waals surface area contributed by atoms with Crippen LogP contribution >= 0.6 is 0 Å². The van der Waals surface area contributed by atoms with E-state index in [1.807, 2.05) is 48.5 Å². The van der Waals surface area contributed by atoms with Crippen LogP contribution in [-0.4, -0.2) is 24.9 Å². The quantitative estimate of drug-likeness (QED) is 0.800. The number of hydrogen-bond acceptors (Lipinski definition) is 2. The number of benzene rings is 2. The Hall–Kier alpha value is -2.88. The van der Waals surface area contributed by atoms with E-state index in [9.17, 15) is 9.59 Å². The van der Waals surface area contributed by atoms with E-state index in [2.05, 4.69) is 5.32 Å². The standard InChI is InChI=1S/C23H26N2O2/c1-25(22(26)17-16-18-10-4-2-5-11-18)21-15-9-8-14-20(21)23(27)24-19-12-6-3-7-13-19/h2,4-5,8-11,14-17,19H,3,6-7,12-13H2,1H3,(H,24,27). The monoisotopic (exact) mass is 362 g/mol. The van der Waals surface area contributed by atoms with Gasteiger partial charge in [0.25, 0.3) is 11.8 Å². The van der Waals surface area contributed by atoms with Crippen molar-refractivity contribution >= 4 is 23.6 Å². The van der Waals surface area contributed by atoms with E-state index >= 15 is 0 Å². The molecule has 2 aromatic carbocycles. The summed E-state index contributed by atoms with van der Waals surface area (Å²) in [5.74, 6) is -0.277. The number of nitrogens with one attached hydrogen (secondary N) is 1. The van der Waals surface area contributed by atoms with Crippen molar-refractivity contribution < 1.29 is 9.59 Å². The molecule has 0 atom stereocenters. The highest BCUT2D eigenvalue weighted by molar-refractivity contribution is 6.08. The molecule has 1 aliphatic carbocycles. The summed E-state index contributed by atoms with van der Waals surface area (Å²) in [7, 11) is 1.70. The zero-order chi connectivity index (χ0) is 19.1. The lowest BCUT2D eigenvalue weighted by molar-refractivity contribution is -0.113. The number of likely N-dealkylation sites (N-methyl/N-ethyl adjacent to an activating group) is 1. The second-order valence-electron chi connectivity index (χ2n) is 6.97. The van der Waals surface area contributed by atoms with Crippen LogP contribution in [0.1, 0.15) is 48.0 Å². The van der Waals surface area contributed by atoms with Crippen LogP contribution in [0.3, 0.4) is 0 Å². The Morgan fingerprint density at radius 2 is 1.63 bits per heavy atom. The molecule has 0 unspecified atom stereocenters. The summed E-state index contributed by atoms with van der Waals surface area (Å²) < 4.78 is 0. The van der Waals surface area contributed by atoms with Crippen molar-refractivity contribution in [1.82, 2.24) is 5.32 Å². The molecule has 2 aromatic rings. The van der Waals surface area contributed by atoms with Gasteiger partial charge in [0.15, 0.2) is 0 Å². The van der Waals surface area contributed by atoms with Crippen LogP contribution in [0.25, 0.3) is 6.08 Å². The van der Waals surface area contributed by atoms with Crippen LogP contribution in [0.15, 0.2) is 60.7 Å². The number of rotatable bonds is 5. The fourth-order valence-electron chi connectivity index (χ4n) is 3.43. The second kappa shape index (κ2) is 9.17. The average molecular weight is 362 g/mol. The van der Waals surface area contributed by atoms with Crippen molar-refractivity contribution in [2.24, 2.45) is 0 Å². The van der Waals surface area contributed by atoms with E-state index in [0.29, 0.717) is 11.3 Å². The van der Waals surface area contributed by atoms with E-state index in [0.717, 1.165) is 31.2 Å². The van der Waals surface area contributed by atoms with Crippen molar-refractivity contribution in [1.29, 1.82) is 0 Å². The molecular formula is C23H26N2O2. The van der Waals surface area contributed by atoms with Crippen LogP contribution in [0.5, 0.6) is 0 Å². The molecule has 0 radical (unpaired) electrons. The Bertz CT molecular complexity index is 808. The maximum absolute atomic E-state index is 12.8. The van der Waals surface area contributed by atoms with E-state index in [4.69, 9.17) is 0 Å². The highest BCUT2D eigenvalue weighted by Gasteiger charge is 2.20. The molecule has 1 N–H and O–H groups in total. The van der Waals surface area contributed by atoms with Gasteiger partial charge in [0, 0.05) is 19.2 Å². The lowest BCUT2D eigenvalue weighted by Gasteiger charge is -2.24. The van der Waals surface area contributed by atoms with Gasteiger partial charge in [0.05, 0.1) is 11.3 Å². The number of nitrogens with zero attached hydrogens (tertiary/aromatic N) is 1. The maximum atomic E-state index is 12.8. The Balaban J connectivity index is 1.72. The van der Waals surface area contributed by atoms with Crippen LogP contribution in [0, 0.1) is 0 Å². The summed E-state index contributed by atoms with van der Waals surface area (Å²) in [5.41, 5.74) is 2.11. The molecule has 0 heterocycles. The molecule has 140 valence electrons. The van der Waals surface area contributed by atoms with Crippen LogP contribution in [0.2, 0.25) is 0 Å². The number of hydrogen-bond donors (Lipinski definition) is 1. The first-order valence-electron chi connectivity index (χ1n) is 9.56. The molecule has 0 saturated heterocycles. The van der Waals surface area contributed by atoms with Crippen LogP contribution < -0.4 is 10.2 Å². The zero-order valence-corrected chi connectivity index (χ0v) is 15.7. The van der Waals surface area contributed by atoms with Gasteiger partial charge in [0.2, 0.25) is 0 Å². The molecule has 0 aromatic heterocycles. The van der Waals surface area contributed by atoms with E-state index in [1.54, 1.807) is 19.2 Å². The fourth-order valence-corrected chi connectivity index (χ4v) is 3.43. The van der Waals surface area contributed by atoms with Crippen molar-refractivity contribution in [2.45, 2.75) is 38.1 Å². The van der Waals surface area contributed by atoms with E-state index in [-0.39, 0.29) is 17.9 Å². The average Bonchev–Trinajstić information content (AvgIpc) is 2.73. The number of para-hydroxylation sites is 1. The maximum Gasteiger partial charge on any atom is 0.253 e. The second-order valence-corrected chi connectivity index (χ2v) is 6.97. The van der Waals surface area contributed by atoms with E-state index in [1.165, 1.54) is 17.4 Å².